The summed E-state index contributed by atoms with van der Waals surface area (Å²) in [5.41, 5.74) is 5.23. The minimum atomic E-state index is 0.670. The lowest BCUT2D eigenvalue weighted by Gasteiger charge is -1.94. The molecule has 0 atom stereocenters. The summed E-state index contributed by atoms with van der Waals surface area (Å²) in [5.74, 6) is 2.25. The molecular weight excluding hydrogens is 318 g/mol. The maximum atomic E-state index is 5.81. The first-order chi connectivity index (χ1) is 11.7. The molecule has 24 heavy (non-hydrogen) atoms. The second kappa shape index (κ2) is 6.17. The van der Waals surface area contributed by atoms with Crippen LogP contribution >= 0.6 is 11.8 Å². The molecule has 0 saturated heterocycles. The van der Waals surface area contributed by atoms with Crippen molar-refractivity contribution in [2.75, 3.05) is 0 Å². The molecule has 0 radical (unpaired) electrons. The van der Waals surface area contributed by atoms with Gasteiger partial charge in [0, 0.05) is 11.3 Å². The lowest BCUT2D eigenvalue weighted by atomic mass is 10.2. The number of oxazole rings is 1. The molecule has 2 heterocycles. The number of benzene rings is 2. The van der Waals surface area contributed by atoms with Gasteiger partial charge >= 0.3 is 0 Å². The number of imidazole rings is 1. The minimum Gasteiger partial charge on any atom is -0.441 e. The van der Waals surface area contributed by atoms with Crippen molar-refractivity contribution in [1.82, 2.24) is 15.0 Å². The van der Waals surface area contributed by atoms with Gasteiger partial charge in [-0.3, -0.25) is 0 Å². The molecule has 4 rings (SSSR count). The van der Waals surface area contributed by atoms with Crippen molar-refractivity contribution in [2.24, 2.45) is 0 Å². The Hall–Kier alpha value is -2.53. The SMILES string of the molecule is Cc1ccc2nc(SCc3nc(-c4ccccc4)oc3C)[nH]c2c1. The molecule has 0 fully saturated rings. The molecule has 0 bridgehead atoms. The number of thioether (sulfide) groups is 1. The zero-order chi connectivity index (χ0) is 16.5. The normalized spacial score (nSPS) is 11.2. The monoisotopic (exact) mass is 335 g/mol. The molecule has 0 aliphatic carbocycles. The summed E-state index contributed by atoms with van der Waals surface area (Å²) in [7, 11) is 0. The van der Waals surface area contributed by atoms with Crippen LogP contribution < -0.4 is 0 Å². The molecule has 5 heteroatoms. The van der Waals surface area contributed by atoms with E-state index in [1.54, 1.807) is 11.8 Å². The molecule has 0 unspecified atom stereocenters. The Morgan fingerprint density at radius 3 is 2.71 bits per heavy atom. The van der Waals surface area contributed by atoms with Gasteiger partial charge in [0.05, 0.1) is 16.7 Å². The average Bonchev–Trinajstić information content (AvgIpc) is 3.16. The quantitative estimate of drug-likeness (QED) is 0.525. The largest absolute Gasteiger partial charge is 0.441 e. The van der Waals surface area contributed by atoms with E-state index < -0.39 is 0 Å². The van der Waals surface area contributed by atoms with Crippen LogP contribution in [0.25, 0.3) is 22.5 Å². The molecule has 120 valence electrons. The highest BCUT2D eigenvalue weighted by atomic mass is 32.2. The number of aromatic nitrogens is 3. The van der Waals surface area contributed by atoms with Gasteiger partial charge in [0.2, 0.25) is 5.89 Å². The molecule has 4 nitrogen and oxygen atoms in total. The minimum absolute atomic E-state index is 0.670. The first kappa shape index (κ1) is 15.0. The zero-order valence-corrected chi connectivity index (χ0v) is 14.4. The molecule has 0 spiro atoms. The van der Waals surface area contributed by atoms with Crippen LogP contribution in [0, 0.1) is 13.8 Å². The molecular formula is C19H17N3OS. The van der Waals surface area contributed by atoms with Crippen LogP contribution in [0.5, 0.6) is 0 Å². The summed E-state index contributed by atoms with van der Waals surface area (Å²) >= 11 is 1.64. The van der Waals surface area contributed by atoms with Gasteiger partial charge in [-0.25, -0.2) is 9.97 Å². The number of aromatic amines is 1. The van der Waals surface area contributed by atoms with E-state index in [0.717, 1.165) is 39.0 Å². The zero-order valence-electron chi connectivity index (χ0n) is 13.5. The molecule has 0 aliphatic heterocycles. The number of nitrogens with one attached hydrogen (secondary N) is 1. The van der Waals surface area contributed by atoms with E-state index >= 15 is 0 Å². The number of hydrogen-bond donors (Lipinski definition) is 1. The topological polar surface area (TPSA) is 54.7 Å². The lowest BCUT2D eigenvalue weighted by Crippen LogP contribution is -1.85. The maximum absolute atomic E-state index is 5.81. The molecule has 4 aromatic rings. The molecule has 0 aliphatic rings. The van der Waals surface area contributed by atoms with Crippen LogP contribution in [-0.2, 0) is 5.75 Å². The molecule has 0 saturated carbocycles. The van der Waals surface area contributed by atoms with Crippen LogP contribution in [0.2, 0.25) is 0 Å². The Kier molecular flexibility index (Phi) is 3.86. The van der Waals surface area contributed by atoms with Gasteiger partial charge in [0.15, 0.2) is 5.16 Å². The predicted molar refractivity (Wildman–Crippen MR) is 97.1 cm³/mol. The highest BCUT2D eigenvalue weighted by Gasteiger charge is 2.12. The summed E-state index contributed by atoms with van der Waals surface area (Å²) in [4.78, 5) is 12.6. The van der Waals surface area contributed by atoms with Gasteiger partial charge in [-0.1, -0.05) is 36.0 Å². The number of nitrogens with zero attached hydrogens (tertiary/aromatic N) is 2. The van der Waals surface area contributed by atoms with Crippen molar-refractivity contribution in [1.29, 1.82) is 0 Å². The Bertz CT molecular complexity index is 988. The van der Waals surface area contributed by atoms with E-state index in [9.17, 15) is 0 Å². The first-order valence-electron chi connectivity index (χ1n) is 7.80. The fourth-order valence-corrected chi connectivity index (χ4v) is 3.46. The predicted octanol–water partition coefficient (Wildman–Crippen LogP) is 5.13. The van der Waals surface area contributed by atoms with Gasteiger partial charge < -0.3 is 9.40 Å². The average molecular weight is 335 g/mol. The van der Waals surface area contributed by atoms with Gasteiger partial charge in [0.25, 0.3) is 0 Å². The third-order valence-corrected chi connectivity index (χ3v) is 4.76. The fraction of sp³-hybridized carbons (Fsp3) is 0.158. The van der Waals surface area contributed by atoms with Crippen molar-refractivity contribution < 1.29 is 4.42 Å². The van der Waals surface area contributed by atoms with E-state index in [1.165, 1.54) is 5.56 Å². The highest BCUT2D eigenvalue weighted by molar-refractivity contribution is 7.98. The van der Waals surface area contributed by atoms with Crippen molar-refractivity contribution in [3.63, 3.8) is 0 Å². The fourth-order valence-electron chi connectivity index (χ4n) is 2.57. The van der Waals surface area contributed by atoms with E-state index in [-0.39, 0.29) is 0 Å². The Balaban J connectivity index is 1.54. The van der Waals surface area contributed by atoms with Crippen LogP contribution in [0.4, 0.5) is 0 Å². The van der Waals surface area contributed by atoms with Gasteiger partial charge in [-0.15, -0.1) is 0 Å². The summed E-state index contributed by atoms with van der Waals surface area (Å²) in [6.07, 6.45) is 0. The third-order valence-electron chi connectivity index (χ3n) is 3.87. The number of fused-ring (bicyclic) bond motifs is 1. The maximum Gasteiger partial charge on any atom is 0.226 e. The summed E-state index contributed by atoms with van der Waals surface area (Å²) in [6, 6.07) is 16.2. The van der Waals surface area contributed by atoms with E-state index in [4.69, 9.17) is 4.42 Å². The highest BCUT2D eigenvalue weighted by Crippen LogP contribution is 2.27. The summed E-state index contributed by atoms with van der Waals surface area (Å²) in [6.45, 7) is 4.04. The smallest absolute Gasteiger partial charge is 0.226 e. The third kappa shape index (κ3) is 2.95. The lowest BCUT2D eigenvalue weighted by molar-refractivity contribution is 0.540. The van der Waals surface area contributed by atoms with E-state index in [0.29, 0.717) is 5.89 Å². The van der Waals surface area contributed by atoms with Crippen molar-refractivity contribution in [2.45, 2.75) is 24.8 Å². The Morgan fingerprint density at radius 1 is 1.04 bits per heavy atom. The molecule has 2 aromatic carbocycles. The van der Waals surface area contributed by atoms with Gasteiger partial charge in [0.1, 0.15) is 5.76 Å². The van der Waals surface area contributed by atoms with Crippen molar-refractivity contribution in [3.8, 4) is 11.5 Å². The van der Waals surface area contributed by atoms with E-state index in [2.05, 4.69) is 34.0 Å². The van der Waals surface area contributed by atoms with Gasteiger partial charge in [-0.05, 0) is 43.7 Å². The van der Waals surface area contributed by atoms with Crippen LogP contribution in [0.3, 0.4) is 0 Å². The second-order valence-electron chi connectivity index (χ2n) is 5.74. The van der Waals surface area contributed by atoms with Crippen LogP contribution in [-0.4, -0.2) is 15.0 Å². The van der Waals surface area contributed by atoms with Crippen molar-refractivity contribution >= 4 is 22.8 Å². The van der Waals surface area contributed by atoms with Gasteiger partial charge in [-0.2, -0.15) is 0 Å². The van der Waals surface area contributed by atoms with E-state index in [1.807, 2.05) is 43.3 Å². The summed E-state index contributed by atoms with van der Waals surface area (Å²) in [5, 5.41) is 0.902. The number of hydrogen-bond acceptors (Lipinski definition) is 4. The Labute approximate surface area is 144 Å². The Morgan fingerprint density at radius 2 is 1.88 bits per heavy atom. The number of H-pyrrole nitrogens is 1. The standard InChI is InChI=1S/C19H17N3OS/c1-12-8-9-15-16(10-12)22-19(21-15)24-11-17-13(2)23-18(20-17)14-6-4-3-5-7-14/h3-10H,11H2,1-2H3,(H,21,22). The number of aryl methyl sites for hydroxylation is 2. The molecule has 2 aromatic heterocycles. The summed E-state index contributed by atoms with van der Waals surface area (Å²) < 4.78 is 5.81. The molecule has 0 amide bonds. The van der Waals surface area contributed by atoms with Crippen molar-refractivity contribution in [3.05, 3.63) is 65.5 Å². The second-order valence-corrected chi connectivity index (χ2v) is 6.70. The number of rotatable bonds is 4. The molecule has 1 N–H and O–H groups in total. The van der Waals surface area contributed by atoms with Crippen LogP contribution in [0.1, 0.15) is 17.0 Å². The van der Waals surface area contributed by atoms with Crippen LogP contribution in [0.15, 0.2) is 58.1 Å². The first-order valence-corrected chi connectivity index (χ1v) is 8.78.